The molecule has 1 N–H and O–H groups in total. The lowest BCUT2D eigenvalue weighted by Crippen LogP contribution is -2.28. The van der Waals surface area contributed by atoms with E-state index < -0.39 is 0 Å². The minimum atomic E-state index is 0.432. The van der Waals surface area contributed by atoms with Gasteiger partial charge in [-0.05, 0) is 50.3 Å². The van der Waals surface area contributed by atoms with Crippen molar-refractivity contribution in [3.8, 4) is 5.75 Å². The maximum atomic E-state index is 6.01. The van der Waals surface area contributed by atoms with Crippen molar-refractivity contribution in [2.75, 3.05) is 6.61 Å². The van der Waals surface area contributed by atoms with Crippen LogP contribution in [0.4, 0.5) is 0 Å². The largest absolute Gasteiger partial charge is 0.493 e. The highest BCUT2D eigenvalue weighted by Crippen LogP contribution is 2.38. The zero-order valence-electron chi connectivity index (χ0n) is 12.3. The molecule has 0 saturated heterocycles. The quantitative estimate of drug-likeness (QED) is 0.857. The van der Waals surface area contributed by atoms with Gasteiger partial charge in [0.1, 0.15) is 5.75 Å². The van der Waals surface area contributed by atoms with Crippen molar-refractivity contribution in [1.82, 2.24) is 5.32 Å². The van der Waals surface area contributed by atoms with Crippen LogP contribution >= 0.6 is 0 Å². The normalized spacial score (nSPS) is 19.3. The second kappa shape index (κ2) is 5.31. The van der Waals surface area contributed by atoms with Crippen LogP contribution in [0.25, 0.3) is 0 Å². The van der Waals surface area contributed by atoms with Crippen molar-refractivity contribution in [2.24, 2.45) is 0 Å². The monoisotopic (exact) mass is 247 g/mol. The number of hydrogen-bond acceptors (Lipinski definition) is 2. The Morgan fingerprint density at radius 3 is 2.61 bits per heavy atom. The van der Waals surface area contributed by atoms with Gasteiger partial charge in [0.15, 0.2) is 0 Å². The first kappa shape index (κ1) is 13.4. The summed E-state index contributed by atoms with van der Waals surface area (Å²) in [5.74, 6) is 1.13. The molecule has 0 spiro atoms. The van der Waals surface area contributed by atoms with Gasteiger partial charge in [-0.25, -0.2) is 0 Å². The van der Waals surface area contributed by atoms with E-state index >= 15 is 0 Å². The SMILES string of the molecule is Cc1cc(C)c2c(c1C)OCCCC2NC(C)C. The average molecular weight is 247 g/mol. The van der Waals surface area contributed by atoms with E-state index in [-0.39, 0.29) is 0 Å². The van der Waals surface area contributed by atoms with Gasteiger partial charge in [-0.1, -0.05) is 19.9 Å². The predicted octanol–water partition coefficient (Wildman–Crippen LogP) is 3.82. The van der Waals surface area contributed by atoms with Gasteiger partial charge in [0.05, 0.1) is 6.61 Å². The number of nitrogens with one attached hydrogen (secondary N) is 1. The van der Waals surface area contributed by atoms with Crippen LogP contribution in [0.5, 0.6) is 5.75 Å². The smallest absolute Gasteiger partial charge is 0.127 e. The third kappa shape index (κ3) is 2.54. The Morgan fingerprint density at radius 2 is 1.94 bits per heavy atom. The highest BCUT2D eigenvalue weighted by Gasteiger charge is 2.24. The van der Waals surface area contributed by atoms with E-state index in [1.54, 1.807) is 0 Å². The molecule has 0 amide bonds. The van der Waals surface area contributed by atoms with Gasteiger partial charge in [0.25, 0.3) is 0 Å². The van der Waals surface area contributed by atoms with Gasteiger partial charge in [-0.2, -0.15) is 0 Å². The van der Waals surface area contributed by atoms with Crippen LogP contribution in [-0.4, -0.2) is 12.6 Å². The van der Waals surface area contributed by atoms with Crippen LogP contribution in [0.15, 0.2) is 6.07 Å². The summed E-state index contributed by atoms with van der Waals surface area (Å²) in [4.78, 5) is 0. The molecule has 1 unspecified atom stereocenters. The summed E-state index contributed by atoms with van der Waals surface area (Å²) < 4.78 is 6.01. The van der Waals surface area contributed by atoms with E-state index in [2.05, 4.69) is 46.0 Å². The summed E-state index contributed by atoms with van der Waals surface area (Å²) in [7, 11) is 0. The van der Waals surface area contributed by atoms with Crippen molar-refractivity contribution in [1.29, 1.82) is 0 Å². The van der Waals surface area contributed by atoms with Gasteiger partial charge in [-0.15, -0.1) is 0 Å². The van der Waals surface area contributed by atoms with Crippen LogP contribution < -0.4 is 10.1 Å². The van der Waals surface area contributed by atoms with Crippen LogP contribution in [0.2, 0.25) is 0 Å². The van der Waals surface area contributed by atoms with E-state index in [0.29, 0.717) is 12.1 Å². The lowest BCUT2D eigenvalue weighted by atomic mass is 9.92. The minimum Gasteiger partial charge on any atom is -0.493 e. The molecule has 0 fully saturated rings. The summed E-state index contributed by atoms with van der Waals surface area (Å²) in [6.07, 6.45) is 2.28. The molecule has 18 heavy (non-hydrogen) atoms. The van der Waals surface area contributed by atoms with E-state index in [1.807, 2.05) is 0 Å². The molecule has 1 aliphatic heterocycles. The fourth-order valence-corrected chi connectivity index (χ4v) is 2.87. The van der Waals surface area contributed by atoms with Crippen molar-refractivity contribution < 1.29 is 4.74 Å². The molecule has 1 heterocycles. The Labute approximate surface area is 111 Å². The molecule has 2 nitrogen and oxygen atoms in total. The molecule has 0 bridgehead atoms. The lowest BCUT2D eigenvalue weighted by Gasteiger charge is -2.24. The Hall–Kier alpha value is -1.02. The first-order chi connectivity index (χ1) is 8.50. The summed E-state index contributed by atoms with van der Waals surface area (Å²) in [6.45, 7) is 11.8. The van der Waals surface area contributed by atoms with Crippen molar-refractivity contribution in [3.63, 3.8) is 0 Å². The van der Waals surface area contributed by atoms with E-state index in [4.69, 9.17) is 4.74 Å². The van der Waals surface area contributed by atoms with Gasteiger partial charge in [0.2, 0.25) is 0 Å². The average Bonchev–Trinajstić information content (AvgIpc) is 2.48. The number of fused-ring (bicyclic) bond motifs is 1. The third-order valence-corrected chi connectivity index (χ3v) is 3.80. The predicted molar refractivity (Wildman–Crippen MR) is 76.4 cm³/mol. The summed E-state index contributed by atoms with van der Waals surface area (Å²) >= 11 is 0. The zero-order valence-corrected chi connectivity index (χ0v) is 12.3. The Balaban J connectivity index is 2.50. The fraction of sp³-hybridized carbons (Fsp3) is 0.625. The van der Waals surface area contributed by atoms with Crippen LogP contribution in [-0.2, 0) is 0 Å². The summed E-state index contributed by atoms with van der Waals surface area (Å²) in [6, 6.07) is 3.22. The second-order valence-electron chi connectivity index (χ2n) is 5.74. The molecular weight excluding hydrogens is 222 g/mol. The zero-order chi connectivity index (χ0) is 13.3. The fourth-order valence-electron chi connectivity index (χ4n) is 2.87. The molecule has 1 atom stereocenters. The number of aryl methyl sites for hydroxylation is 2. The van der Waals surface area contributed by atoms with Crippen LogP contribution in [0, 0.1) is 20.8 Å². The molecular formula is C16H25NO. The third-order valence-electron chi connectivity index (χ3n) is 3.80. The maximum Gasteiger partial charge on any atom is 0.127 e. The van der Waals surface area contributed by atoms with Gasteiger partial charge in [-0.3, -0.25) is 0 Å². The molecule has 0 radical (unpaired) electrons. The molecule has 0 saturated carbocycles. The summed E-state index contributed by atoms with van der Waals surface area (Å²) in [5.41, 5.74) is 5.36. The van der Waals surface area contributed by atoms with Crippen molar-refractivity contribution in [2.45, 2.75) is 59.5 Å². The van der Waals surface area contributed by atoms with Crippen LogP contribution in [0.1, 0.15) is 55.0 Å². The molecule has 1 aliphatic rings. The standard InChI is InChI=1S/C16H25NO/c1-10(2)17-14-7-6-8-18-16-13(5)11(3)9-12(4)15(14)16/h9-10,14,17H,6-8H2,1-5H3. The first-order valence-electron chi connectivity index (χ1n) is 7.00. The highest BCUT2D eigenvalue weighted by molar-refractivity contribution is 5.51. The molecule has 2 rings (SSSR count). The number of ether oxygens (including phenoxy) is 1. The first-order valence-corrected chi connectivity index (χ1v) is 7.00. The minimum absolute atomic E-state index is 0.432. The summed E-state index contributed by atoms with van der Waals surface area (Å²) in [5, 5.41) is 3.69. The van der Waals surface area contributed by atoms with E-state index in [9.17, 15) is 0 Å². The van der Waals surface area contributed by atoms with Crippen LogP contribution in [0.3, 0.4) is 0 Å². The number of benzene rings is 1. The van der Waals surface area contributed by atoms with E-state index in [0.717, 1.165) is 25.2 Å². The van der Waals surface area contributed by atoms with Crippen molar-refractivity contribution >= 4 is 0 Å². The number of rotatable bonds is 2. The molecule has 1 aromatic rings. The lowest BCUT2D eigenvalue weighted by molar-refractivity contribution is 0.312. The Morgan fingerprint density at radius 1 is 1.22 bits per heavy atom. The molecule has 1 aromatic carbocycles. The second-order valence-corrected chi connectivity index (χ2v) is 5.74. The molecule has 0 aromatic heterocycles. The highest BCUT2D eigenvalue weighted by atomic mass is 16.5. The molecule has 2 heteroatoms. The topological polar surface area (TPSA) is 21.3 Å². The Kier molecular flexibility index (Phi) is 3.96. The van der Waals surface area contributed by atoms with E-state index in [1.165, 1.54) is 22.3 Å². The van der Waals surface area contributed by atoms with Gasteiger partial charge >= 0.3 is 0 Å². The van der Waals surface area contributed by atoms with Crippen molar-refractivity contribution in [3.05, 3.63) is 28.3 Å². The number of hydrogen-bond donors (Lipinski definition) is 1. The van der Waals surface area contributed by atoms with Gasteiger partial charge in [0, 0.05) is 17.6 Å². The maximum absolute atomic E-state index is 6.01. The van der Waals surface area contributed by atoms with Gasteiger partial charge < -0.3 is 10.1 Å². The molecule has 100 valence electrons. The molecule has 0 aliphatic carbocycles. The Bertz CT molecular complexity index is 437.